The molecular weight excluding hydrogens is 176 g/mol. The lowest BCUT2D eigenvalue weighted by Gasteiger charge is -2.03. The highest BCUT2D eigenvalue weighted by molar-refractivity contribution is 7.85. The molecule has 0 amide bonds. The molecule has 0 aliphatic heterocycles. The molecule has 1 unspecified atom stereocenters. The van der Waals surface area contributed by atoms with Crippen molar-refractivity contribution in [3.63, 3.8) is 0 Å². The first kappa shape index (κ1) is 11.6. The predicted molar refractivity (Wildman–Crippen MR) is 49.4 cm³/mol. The lowest BCUT2D eigenvalue weighted by Crippen LogP contribution is -2.11. The minimum Gasteiger partial charge on any atom is -0.469 e. The van der Waals surface area contributed by atoms with Gasteiger partial charge in [-0.15, -0.1) is 0 Å². The van der Waals surface area contributed by atoms with Crippen molar-refractivity contribution in [2.24, 2.45) is 0 Å². The zero-order valence-electron chi connectivity index (χ0n) is 7.83. The Morgan fingerprint density at radius 2 is 2.08 bits per heavy atom. The summed E-state index contributed by atoms with van der Waals surface area (Å²) in [6, 6.07) is 0. The molecule has 1 atom stereocenters. The van der Waals surface area contributed by atoms with Gasteiger partial charge in [0.05, 0.1) is 7.11 Å². The van der Waals surface area contributed by atoms with E-state index in [1.807, 2.05) is 13.8 Å². The van der Waals surface area contributed by atoms with Gasteiger partial charge in [-0.2, -0.15) is 0 Å². The monoisotopic (exact) mass is 192 g/mol. The fourth-order valence-electron chi connectivity index (χ4n) is 0.697. The van der Waals surface area contributed by atoms with Crippen LogP contribution >= 0.6 is 0 Å². The molecule has 12 heavy (non-hydrogen) atoms. The largest absolute Gasteiger partial charge is 0.469 e. The normalized spacial score (nSPS) is 13.0. The van der Waals surface area contributed by atoms with Crippen molar-refractivity contribution in [3.8, 4) is 0 Å². The van der Waals surface area contributed by atoms with Crippen LogP contribution in [0.4, 0.5) is 0 Å². The Morgan fingerprint density at radius 3 is 2.50 bits per heavy atom. The third kappa shape index (κ3) is 5.29. The van der Waals surface area contributed by atoms with E-state index < -0.39 is 10.8 Å². The second-order valence-corrected chi connectivity index (χ2v) is 4.93. The standard InChI is InChI=1S/C8H16O3S/c1-7(2)12(10)6-4-5-8(9)11-3/h7H,4-6H2,1-3H3. The van der Waals surface area contributed by atoms with Crippen molar-refractivity contribution in [3.05, 3.63) is 0 Å². The molecule has 0 saturated carbocycles. The second kappa shape index (κ2) is 6.17. The van der Waals surface area contributed by atoms with Crippen molar-refractivity contribution < 1.29 is 13.7 Å². The van der Waals surface area contributed by atoms with Crippen molar-refractivity contribution in [1.29, 1.82) is 0 Å². The van der Waals surface area contributed by atoms with E-state index in [1.165, 1.54) is 7.11 Å². The summed E-state index contributed by atoms with van der Waals surface area (Å²) in [7, 11) is 0.565. The fourth-order valence-corrected chi connectivity index (χ4v) is 1.60. The van der Waals surface area contributed by atoms with Gasteiger partial charge in [-0.1, -0.05) is 13.8 Å². The molecule has 0 radical (unpaired) electrons. The van der Waals surface area contributed by atoms with E-state index >= 15 is 0 Å². The first-order valence-electron chi connectivity index (χ1n) is 4.02. The molecule has 3 nitrogen and oxygen atoms in total. The summed E-state index contributed by atoms with van der Waals surface area (Å²) in [5.74, 6) is 0.364. The van der Waals surface area contributed by atoms with E-state index in [-0.39, 0.29) is 11.2 Å². The van der Waals surface area contributed by atoms with E-state index in [9.17, 15) is 9.00 Å². The van der Waals surface area contributed by atoms with Crippen molar-refractivity contribution in [2.45, 2.75) is 31.9 Å². The van der Waals surface area contributed by atoms with Crippen molar-refractivity contribution in [1.82, 2.24) is 0 Å². The first-order valence-corrected chi connectivity index (χ1v) is 5.40. The zero-order chi connectivity index (χ0) is 9.56. The van der Waals surface area contributed by atoms with Crippen molar-refractivity contribution in [2.75, 3.05) is 12.9 Å². The highest BCUT2D eigenvalue weighted by Crippen LogP contribution is 1.99. The average Bonchev–Trinajstić information content (AvgIpc) is 2.03. The molecule has 0 aromatic heterocycles. The quantitative estimate of drug-likeness (QED) is 0.613. The molecule has 0 fully saturated rings. The number of hydrogen-bond donors (Lipinski definition) is 0. The van der Waals surface area contributed by atoms with Crippen LogP contribution in [-0.4, -0.2) is 28.3 Å². The average molecular weight is 192 g/mol. The van der Waals surface area contributed by atoms with E-state index in [4.69, 9.17) is 0 Å². The molecule has 0 aliphatic carbocycles. The summed E-state index contributed by atoms with van der Waals surface area (Å²) >= 11 is 0. The number of hydrogen-bond acceptors (Lipinski definition) is 3. The first-order chi connectivity index (χ1) is 5.57. The zero-order valence-corrected chi connectivity index (χ0v) is 8.65. The molecule has 0 aromatic rings. The molecule has 0 heterocycles. The third-order valence-corrected chi connectivity index (χ3v) is 3.22. The molecule has 0 saturated heterocycles. The van der Waals surface area contributed by atoms with Crippen LogP contribution in [0, 0.1) is 0 Å². The second-order valence-electron chi connectivity index (χ2n) is 2.81. The number of ether oxygens (including phenoxy) is 1. The Bertz CT molecular complexity index is 166. The number of esters is 1. The van der Waals surface area contributed by atoms with E-state index in [2.05, 4.69) is 4.74 Å². The highest BCUT2D eigenvalue weighted by Gasteiger charge is 2.06. The number of carbonyl (C=O) groups excluding carboxylic acids is 1. The van der Waals surface area contributed by atoms with Gasteiger partial charge < -0.3 is 4.74 Å². The summed E-state index contributed by atoms with van der Waals surface area (Å²) in [6.45, 7) is 3.82. The summed E-state index contributed by atoms with van der Waals surface area (Å²) in [5.41, 5.74) is 0. The van der Waals surface area contributed by atoms with E-state index in [0.717, 1.165) is 0 Å². The Morgan fingerprint density at radius 1 is 1.50 bits per heavy atom. The summed E-state index contributed by atoms with van der Waals surface area (Å²) in [5, 5.41) is 0.183. The minimum absolute atomic E-state index is 0.183. The van der Waals surface area contributed by atoms with Gasteiger partial charge in [0.25, 0.3) is 0 Å². The van der Waals surface area contributed by atoms with Gasteiger partial charge in [0.1, 0.15) is 0 Å². The van der Waals surface area contributed by atoms with Crippen LogP contribution in [0.3, 0.4) is 0 Å². The van der Waals surface area contributed by atoms with Crippen molar-refractivity contribution >= 4 is 16.8 Å². The molecule has 72 valence electrons. The van der Waals surface area contributed by atoms with Crippen LogP contribution in [0.25, 0.3) is 0 Å². The summed E-state index contributed by atoms with van der Waals surface area (Å²) in [4.78, 5) is 10.6. The van der Waals surface area contributed by atoms with Crippen LogP contribution in [0.1, 0.15) is 26.7 Å². The molecule has 0 spiro atoms. The molecule has 0 rings (SSSR count). The lowest BCUT2D eigenvalue weighted by molar-refractivity contribution is -0.140. The van der Waals surface area contributed by atoms with Gasteiger partial charge in [0, 0.05) is 28.2 Å². The Hall–Kier alpha value is -0.380. The topological polar surface area (TPSA) is 43.4 Å². The lowest BCUT2D eigenvalue weighted by atomic mass is 10.3. The maximum Gasteiger partial charge on any atom is 0.305 e. The van der Waals surface area contributed by atoms with Gasteiger partial charge in [0.15, 0.2) is 0 Å². The van der Waals surface area contributed by atoms with Crippen LogP contribution in [0.2, 0.25) is 0 Å². The summed E-state index contributed by atoms with van der Waals surface area (Å²) in [6.07, 6.45) is 1.02. The Kier molecular flexibility index (Phi) is 5.98. The SMILES string of the molecule is COC(=O)CCCS(=O)C(C)C. The highest BCUT2D eigenvalue weighted by atomic mass is 32.2. The number of carbonyl (C=O) groups is 1. The molecule has 4 heteroatoms. The minimum atomic E-state index is -0.798. The van der Waals surface area contributed by atoms with Gasteiger partial charge in [-0.05, 0) is 6.42 Å². The number of methoxy groups -OCH3 is 1. The van der Waals surface area contributed by atoms with E-state index in [1.54, 1.807) is 0 Å². The maximum absolute atomic E-state index is 11.2. The van der Waals surface area contributed by atoms with E-state index in [0.29, 0.717) is 18.6 Å². The predicted octanol–water partition coefficient (Wildman–Crippen LogP) is 1.10. The van der Waals surface area contributed by atoms with Crippen LogP contribution in [0.5, 0.6) is 0 Å². The molecule has 0 N–H and O–H groups in total. The molecular formula is C8H16O3S. The molecule has 0 aromatic carbocycles. The van der Waals surface area contributed by atoms with Crippen LogP contribution in [-0.2, 0) is 20.3 Å². The van der Waals surface area contributed by atoms with Gasteiger partial charge in [-0.3, -0.25) is 9.00 Å². The Balaban J connectivity index is 3.44. The van der Waals surface area contributed by atoms with Gasteiger partial charge >= 0.3 is 5.97 Å². The molecule has 0 bridgehead atoms. The smallest absolute Gasteiger partial charge is 0.305 e. The van der Waals surface area contributed by atoms with Crippen LogP contribution in [0.15, 0.2) is 0 Å². The van der Waals surface area contributed by atoms with Gasteiger partial charge in [-0.25, -0.2) is 0 Å². The fraction of sp³-hybridized carbons (Fsp3) is 0.875. The Labute approximate surface area is 75.9 Å². The third-order valence-electron chi connectivity index (χ3n) is 1.48. The van der Waals surface area contributed by atoms with Gasteiger partial charge in [0.2, 0.25) is 0 Å². The molecule has 0 aliphatic rings. The maximum atomic E-state index is 11.2. The number of rotatable bonds is 5. The van der Waals surface area contributed by atoms with Crippen LogP contribution < -0.4 is 0 Å². The summed E-state index contributed by atoms with van der Waals surface area (Å²) < 4.78 is 15.6.